The molecule has 5 nitrogen and oxygen atoms in total. The maximum absolute atomic E-state index is 11.6. The monoisotopic (exact) mass is 235 g/mol. The average Bonchev–Trinajstić information content (AvgIpc) is 2.28. The van der Waals surface area contributed by atoms with Gasteiger partial charge in [-0.25, -0.2) is 0 Å². The van der Waals surface area contributed by atoms with Gasteiger partial charge in [-0.05, 0) is 19.1 Å². The van der Waals surface area contributed by atoms with Crippen LogP contribution in [0.1, 0.15) is 6.92 Å². The molecule has 0 spiro atoms. The van der Waals surface area contributed by atoms with E-state index in [0.717, 1.165) is 0 Å². The van der Waals surface area contributed by atoms with Crippen LogP contribution in [-0.2, 0) is 9.59 Å². The smallest absolute Gasteiger partial charge is 0.243 e. The predicted molar refractivity (Wildman–Crippen MR) is 66.4 cm³/mol. The molecule has 5 heteroatoms. The van der Waals surface area contributed by atoms with Crippen LogP contribution in [0.5, 0.6) is 0 Å². The Labute approximate surface area is 101 Å². The van der Waals surface area contributed by atoms with Crippen molar-refractivity contribution >= 4 is 17.5 Å². The summed E-state index contributed by atoms with van der Waals surface area (Å²) in [6.45, 7) is 1.59. The molecule has 0 saturated heterocycles. The second kappa shape index (κ2) is 6.00. The van der Waals surface area contributed by atoms with Gasteiger partial charge in [0, 0.05) is 12.7 Å². The molecule has 3 N–H and O–H groups in total. The van der Waals surface area contributed by atoms with Gasteiger partial charge in [-0.2, -0.15) is 0 Å². The molecule has 0 aromatic heterocycles. The summed E-state index contributed by atoms with van der Waals surface area (Å²) in [5.41, 5.74) is 6.15. The number of nitrogens with zero attached hydrogens (tertiary/aromatic N) is 1. The molecule has 17 heavy (non-hydrogen) atoms. The molecule has 1 aromatic rings. The van der Waals surface area contributed by atoms with Crippen LogP contribution in [0, 0.1) is 0 Å². The topological polar surface area (TPSA) is 75.4 Å². The third-order valence-electron chi connectivity index (χ3n) is 2.20. The Hall–Kier alpha value is -1.88. The molecule has 0 bridgehead atoms. The fourth-order valence-electron chi connectivity index (χ4n) is 1.36. The number of carbonyl (C=O) groups is 2. The van der Waals surface area contributed by atoms with Crippen LogP contribution in [0.2, 0.25) is 0 Å². The number of rotatable bonds is 4. The minimum Gasteiger partial charge on any atom is -0.335 e. The molecule has 1 unspecified atom stereocenters. The van der Waals surface area contributed by atoms with E-state index in [4.69, 9.17) is 5.73 Å². The first-order valence-corrected chi connectivity index (χ1v) is 5.36. The van der Waals surface area contributed by atoms with E-state index in [1.807, 2.05) is 18.2 Å². The van der Waals surface area contributed by atoms with Crippen LogP contribution in [0.25, 0.3) is 0 Å². The normalized spacial score (nSPS) is 11.7. The SMILES string of the molecule is CC(N)C(=O)N(C)CC(=O)Nc1ccccc1. The van der Waals surface area contributed by atoms with E-state index >= 15 is 0 Å². The van der Waals surface area contributed by atoms with Gasteiger partial charge in [0.1, 0.15) is 0 Å². The number of amides is 2. The van der Waals surface area contributed by atoms with E-state index in [-0.39, 0.29) is 18.4 Å². The number of carbonyl (C=O) groups excluding carboxylic acids is 2. The van der Waals surface area contributed by atoms with Gasteiger partial charge in [0.25, 0.3) is 0 Å². The molecule has 0 aliphatic carbocycles. The number of hydrogen-bond donors (Lipinski definition) is 2. The van der Waals surface area contributed by atoms with Gasteiger partial charge in [0.05, 0.1) is 12.6 Å². The first kappa shape index (κ1) is 13.2. The summed E-state index contributed by atoms with van der Waals surface area (Å²) < 4.78 is 0. The van der Waals surface area contributed by atoms with Crippen LogP contribution in [-0.4, -0.2) is 36.3 Å². The summed E-state index contributed by atoms with van der Waals surface area (Å²) in [5.74, 6) is -0.499. The zero-order valence-electron chi connectivity index (χ0n) is 10.0. The zero-order chi connectivity index (χ0) is 12.8. The van der Waals surface area contributed by atoms with Gasteiger partial charge in [-0.1, -0.05) is 18.2 Å². The lowest BCUT2D eigenvalue weighted by Crippen LogP contribution is -2.43. The molecule has 1 aromatic carbocycles. The zero-order valence-corrected chi connectivity index (χ0v) is 10.0. The van der Waals surface area contributed by atoms with Crippen molar-refractivity contribution in [2.45, 2.75) is 13.0 Å². The maximum atomic E-state index is 11.6. The van der Waals surface area contributed by atoms with Crippen LogP contribution in [0.4, 0.5) is 5.69 Å². The highest BCUT2D eigenvalue weighted by molar-refractivity contribution is 5.95. The molecular formula is C12H17N3O2. The second-order valence-electron chi connectivity index (χ2n) is 3.90. The minimum atomic E-state index is -0.593. The molecule has 0 radical (unpaired) electrons. The first-order valence-electron chi connectivity index (χ1n) is 5.36. The third-order valence-corrected chi connectivity index (χ3v) is 2.20. The number of para-hydroxylation sites is 1. The molecule has 0 fully saturated rings. The van der Waals surface area contributed by atoms with Crippen molar-refractivity contribution in [3.05, 3.63) is 30.3 Å². The summed E-state index contributed by atoms with van der Waals surface area (Å²) in [5, 5.41) is 2.69. The number of nitrogens with two attached hydrogens (primary N) is 1. The average molecular weight is 235 g/mol. The van der Waals surface area contributed by atoms with Crippen molar-refractivity contribution < 1.29 is 9.59 Å². The van der Waals surface area contributed by atoms with Gasteiger partial charge in [0.2, 0.25) is 11.8 Å². The largest absolute Gasteiger partial charge is 0.335 e. The van der Waals surface area contributed by atoms with Gasteiger partial charge in [-0.15, -0.1) is 0 Å². The summed E-state index contributed by atoms with van der Waals surface area (Å²) in [4.78, 5) is 24.4. The molecular weight excluding hydrogens is 218 g/mol. The quantitative estimate of drug-likeness (QED) is 0.794. The number of likely N-dealkylation sites (N-methyl/N-ethyl adjacent to an activating group) is 1. The summed E-state index contributed by atoms with van der Waals surface area (Å²) >= 11 is 0. The van der Waals surface area contributed by atoms with Crippen molar-refractivity contribution in [2.24, 2.45) is 5.73 Å². The summed E-state index contributed by atoms with van der Waals surface area (Å²) in [6.07, 6.45) is 0. The van der Waals surface area contributed by atoms with E-state index in [9.17, 15) is 9.59 Å². The molecule has 0 aliphatic heterocycles. The van der Waals surface area contributed by atoms with Gasteiger partial charge >= 0.3 is 0 Å². The molecule has 1 rings (SSSR count). The maximum Gasteiger partial charge on any atom is 0.243 e. The minimum absolute atomic E-state index is 0.00469. The van der Waals surface area contributed by atoms with Crippen molar-refractivity contribution in [3.63, 3.8) is 0 Å². The lowest BCUT2D eigenvalue weighted by molar-refractivity contribution is -0.134. The Kier molecular flexibility index (Phi) is 4.66. The van der Waals surface area contributed by atoms with E-state index < -0.39 is 6.04 Å². The highest BCUT2D eigenvalue weighted by atomic mass is 16.2. The number of hydrogen-bond acceptors (Lipinski definition) is 3. The van der Waals surface area contributed by atoms with Gasteiger partial charge in [-0.3, -0.25) is 9.59 Å². The Morgan fingerprint density at radius 1 is 1.35 bits per heavy atom. The van der Waals surface area contributed by atoms with E-state index in [1.165, 1.54) is 4.90 Å². The van der Waals surface area contributed by atoms with Gasteiger partial charge in [0.15, 0.2) is 0 Å². The highest BCUT2D eigenvalue weighted by Crippen LogP contribution is 2.04. The molecule has 0 saturated carbocycles. The third kappa shape index (κ3) is 4.24. The van der Waals surface area contributed by atoms with Crippen molar-refractivity contribution in [1.29, 1.82) is 0 Å². The van der Waals surface area contributed by atoms with Crippen LogP contribution in [0.3, 0.4) is 0 Å². The Morgan fingerprint density at radius 2 is 1.94 bits per heavy atom. The lowest BCUT2D eigenvalue weighted by atomic mass is 10.3. The van der Waals surface area contributed by atoms with Crippen molar-refractivity contribution in [3.8, 4) is 0 Å². The van der Waals surface area contributed by atoms with Crippen molar-refractivity contribution in [2.75, 3.05) is 18.9 Å². The number of anilines is 1. The van der Waals surface area contributed by atoms with E-state index in [1.54, 1.807) is 26.1 Å². The lowest BCUT2D eigenvalue weighted by Gasteiger charge is -2.18. The van der Waals surface area contributed by atoms with E-state index in [2.05, 4.69) is 5.32 Å². The highest BCUT2D eigenvalue weighted by Gasteiger charge is 2.16. The Bertz CT molecular complexity index is 390. The second-order valence-corrected chi connectivity index (χ2v) is 3.90. The molecule has 1 atom stereocenters. The Balaban J connectivity index is 2.48. The number of nitrogens with one attached hydrogen (secondary N) is 1. The van der Waals surface area contributed by atoms with E-state index in [0.29, 0.717) is 5.69 Å². The predicted octanol–water partition coefficient (Wildman–Crippen LogP) is 0.431. The standard InChI is InChI=1S/C12H17N3O2/c1-9(13)12(17)15(2)8-11(16)14-10-6-4-3-5-7-10/h3-7,9H,8,13H2,1-2H3,(H,14,16). The van der Waals surface area contributed by atoms with Gasteiger partial charge < -0.3 is 16.0 Å². The molecule has 2 amide bonds. The van der Waals surface area contributed by atoms with Crippen LogP contribution < -0.4 is 11.1 Å². The van der Waals surface area contributed by atoms with Crippen LogP contribution in [0.15, 0.2) is 30.3 Å². The van der Waals surface area contributed by atoms with Crippen molar-refractivity contribution in [1.82, 2.24) is 4.90 Å². The fourth-order valence-corrected chi connectivity index (χ4v) is 1.36. The molecule has 0 aliphatic rings. The fraction of sp³-hybridized carbons (Fsp3) is 0.333. The number of benzene rings is 1. The molecule has 92 valence electrons. The first-order chi connectivity index (χ1) is 8.00. The summed E-state index contributed by atoms with van der Waals surface area (Å²) in [6, 6.07) is 8.49. The Morgan fingerprint density at radius 3 is 2.47 bits per heavy atom. The van der Waals surface area contributed by atoms with Crippen LogP contribution >= 0.6 is 0 Å². The summed E-state index contributed by atoms with van der Waals surface area (Å²) in [7, 11) is 1.55. The molecule has 0 heterocycles.